The fourth-order valence-electron chi connectivity index (χ4n) is 2.39. The minimum Gasteiger partial charge on any atom is -0.497 e. The Bertz CT molecular complexity index is 422. The molecule has 5 heteroatoms. The first-order valence-electron chi connectivity index (χ1n) is 6.19. The Morgan fingerprint density at radius 2 is 1.47 bits per heavy atom. The average molecular weight is 284 g/mol. The van der Waals surface area contributed by atoms with Crippen LogP contribution in [0.1, 0.15) is 20.8 Å². The maximum atomic E-state index is 5.86. The second-order valence-corrected chi connectivity index (χ2v) is 9.43. The predicted octanol–water partition coefficient (Wildman–Crippen LogP) is 2.45. The van der Waals surface area contributed by atoms with E-state index in [-0.39, 0.29) is 5.04 Å². The van der Waals surface area contributed by atoms with Crippen LogP contribution in [-0.2, 0) is 8.85 Å². The first-order chi connectivity index (χ1) is 8.86. The molecule has 0 saturated carbocycles. The highest BCUT2D eigenvalue weighted by molar-refractivity contribution is 6.84. The molecule has 1 aromatic carbocycles. The summed E-state index contributed by atoms with van der Waals surface area (Å²) in [6.07, 6.45) is 0. The summed E-state index contributed by atoms with van der Waals surface area (Å²) in [4.78, 5) is 0. The molecule has 0 heterocycles. The number of rotatable bonds is 5. The molecule has 0 aliphatic rings. The van der Waals surface area contributed by atoms with Gasteiger partial charge in [0, 0.05) is 24.4 Å². The molecule has 0 aromatic heterocycles. The lowest BCUT2D eigenvalue weighted by Gasteiger charge is -2.39. The van der Waals surface area contributed by atoms with Crippen molar-refractivity contribution in [2.75, 3.05) is 28.4 Å². The smallest absolute Gasteiger partial charge is 0.381 e. The van der Waals surface area contributed by atoms with E-state index in [0.29, 0.717) is 0 Å². The Labute approximate surface area is 116 Å². The summed E-state index contributed by atoms with van der Waals surface area (Å²) < 4.78 is 22.5. The van der Waals surface area contributed by atoms with Gasteiger partial charge in [0.05, 0.1) is 14.2 Å². The summed E-state index contributed by atoms with van der Waals surface area (Å²) in [6, 6.07) is 5.71. The summed E-state index contributed by atoms with van der Waals surface area (Å²) in [5, 5.41) is 0.808. The molecule has 0 saturated heterocycles. The molecule has 0 atom stereocenters. The van der Waals surface area contributed by atoms with E-state index in [4.69, 9.17) is 18.3 Å². The Balaban J connectivity index is 3.53. The first kappa shape index (κ1) is 16.0. The highest BCUT2D eigenvalue weighted by Gasteiger charge is 2.51. The fourth-order valence-corrected chi connectivity index (χ4v) is 5.87. The van der Waals surface area contributed by atoms with Crippen LogP contribution in [0.25, 0.3) is 0 Å². The zero-order chi connectivity index (χ0) is 14.7. The van der Waals surface area contributed by atoms with Crippen LogP contribution in [0.4, 0.5) is 0 Å². The van der Waals surface area contributed by atoms with Crippen LogP contribution < -0.4 is 14.7 Å². The Morgan fingerprint density at radius 3 is 1.84 bits per heavy atom. The molecular weight excluding hydrogens is 260 g/mol. The number of hydrogen-bond acceptors (Lipinski definition) is 4. The van der Waals surface area contributed by atoms with Crippen molar-refractivity contribution in [3.8, 4) is 11.5 Å². The predicted molar refractivity (Wildman–Crippen MR) is 78.7 cm³/mol. The van der Waals surface area contributed by atoms with Crippen molar-refractivity contribution in [3.63, 3.8) is 0 Å². The van der Waals surface area contributed by atoms with Gasteiger partial charge in [-0.3, -0.25) is 0 Å². The van der Waals surface area contributed by atoms with E-state index in [1.165, 1.54) is 0 Å². The zero-order valence-corrected chi connectivity index (χ0v) is 13.9. The van der Waals surface area contributed by atoms with Gasteiger partial charge >= 0.3 is 8.56 Å². The first-order valence-corrected chi connectivity index (χ1v) is 8.00. The van der Waals surface area contributed by atoms with Gasteiger partial charge in [-0.15, -0.1) is 0 Å². The van der Waals surface area contributed by atoms with Crippen LogP contribution in [0, 0.1) is 0 Å². The number of hydrogen-bond donors (Lipinski definition) is 0. The van der Waals surface area contributed by atoms with Crippen LogP contribution >= 0.6 is 0 Å². The monoisotopic (exact) mass is 284 g/mol. The molecule has 0 aliphatic heterocycles. The van der Waals surface area contributed by atoms with Crippen molar-refractivity contribution in [2.45, 2.75) is 25.8 Å². The van der Waals surface area contributed by atoms with Gasteiger partial charge in [-0.05, 0) is 18.2 Å². The topological polar surface area (TPSA) is 36.9 Å². The highest BCUT2D eigenvalue weighted by Crippen LogP contribution is 2.39. The molecule has 1 aromatic rings. The molecule has 0 bridgehead atoms. The fraction of sp³-hybridized carbons (Fsp3) is 0.571. The normalized spacial score (nSPS) is 12.4. The number of methoxy groups -OCH3 is 2. The Morgan fingerprint density at radius 1 is 0.895 bits per heavy atom. The summed E-state index contributed by atoms with van der Waals surface area (Å²) >= 11 is 0. The molecule has 108 valence electrons. The quantitative estimate of drug-likeness (QED) is 0.778. The van der Waals surface area contributed by atoms with Crippen LogP contribution in [-0.4, -0.2) is 37.0 Å². The second kappa shape index (κ2) is 5.94. The summed E-state index contributed by atoms with van der Waals surface area (Å²) in [5.41, 5.74) is 0. The molecule has 1 rings (SSSR count). The molecular formula is C14H24O4Si. The van der Waals surface area contributed by atoms with Crippen molar-refractivity contribution in [3.05, 3.63) is 18.2 Å². The molecule has 0 unspecified atom stereocenters. The molecule has 0 radical (unpaired) electrons. The lowest BCUT2D eigenvalue weighted by molar-refractivity contribution is 0.228. The Hall–Kier alpha value is -1.04. The van der Waals surface area contributed by atoms with E-state index in [2.05, 4.69) is 20.8 Å². The van der Waals surface area contributed by atoms with E-state index >= 15 is 0 Å². The Kier molecular flexibility index (Phi) is 5.01. The maximum Gasteiger partial charge on any atom is 0.381 e. The second-order valence-electron chi connectivity index (χ2n) is 5.34. The van der Waals surface area contributed by atoms with E-state index < -0.39 is 8.56 Å². The lowest BCUT2D eigenvalue weighted by atomic mass is 10.2. The summed E-state index contributed by atoms with van der Waals surface area (Å²) in [7, 11) is 4.04. The zero-order valence-electron chi connectivity index (χ0n) is 12.9. The van der Waals surface area contributed by atoms with E-state index in [0.717, 1.165) is 16.7 Å². The van der Waals surface area contributed by atoms with Crippen molar-refractivity contribution >= 4 is 13.7 Å². The van der Waals surface area contributed by atoms with Crippen molar-refractivity contribution in [1.82, 2.24) is 0 Å². The SMILES string of the molecule is COc1ccc(OC)c([Si](OC)(OC)C(C)(C)C)c1. The van der Waals surface area contributed by atoms with Gasteiger partial charge < -0.3 is 18.3 Å². The average Bonchev–Trinajstić information content (AvgIpc) is 2.39. The molecule has 0 fully saturated rings. The van der Waals surface area contributed by atoms with Gasteiger partial charge in [0.2, 0.25) is 0 Å². The van der Waals surface area contributed by atoms with Crippen molar-refractivity contribution in [1.29, 1.82) is 0 Å². The van der Waals surface area contributed by atoms with Crippen molar-refractivity contribution < 1.29 is 18.3 Å². The molecule has 0 N–H and O–H groups in total. The van der Waals surface area contributed by atoms with Gasteiger partial charge in [0.15, 0.2) is 0 Å². The van der Waals surface area contributed by atoms with Gasteiger partial charge in [-0.25, -0.2) is 0 Å². The number of benzene rings is 1. The van der Waals surface area contributed by atoms with Gasteiger partial charge in [-0.1, -0.05) is 20.8 Å². The highest BCUT2D eigenvalue weighted by atomic mass is 28.4. The summed E-state index contributed by atoms with van der Waals surface area (Å²) in [5.74, 6) is 1.54. The third-order valence-electron chi connectivity index (χ3n) is 3.32. The minimum atomic E-state index is -2.64. The van der Waals surface area contributed by atoms with Gasteiger partial charge in [-0.2, -0.15) is 0 Å². The largest absolute Gasteiger partial charge is 0.497 e. The minimum absolute atomic E-state index is 0.143. The van der Waals surface area contributed by atoms with Gasteiger partial charge in [0.1, 0.15) is 11.5 Å². The molecule has 0 amide bonds. The standard InChI is InChI=1S/C14H24O4Si/c1-14(2,3)19(17-6,18-7)13-10-11(15-4)8-9-12(13)16-5/h8-10H,1-7H3. The summed E-state index contributed by atoms with van der Waals surface area (Å²) in [6.45, 7) is 6.35. The maximum absolute atomic E-state index is 5.86. The van der Waals surface area contributed by atoms with E-state index in [9.17, 15) is 0 Å². The van der Waals surface area contributed by atoms with E-state index in [1.807, 2.05) is 18.2 Å². The van der Waals surface area contributed by atoms with E-state index in [1.54, 1.807) is 28.4 Å². The van der Waals surface area contributed by atoms with Crippen LogP contribution in [0.15, 0.2) is 18.2 Å². The van der Waals surface area contributed by atoms with Crippen LogP contribution in [0.3, 0.4) is 0 Å². The molecule has 0 aliphatic carbocycles. The van der Waals surface area contributed by atoms with Gasteiger partial charge in [0.25, 0.3) is 0 Å². The lowest BCUT2D eigenvalue weighted by Crippen LogP contribution is -2.59. The molecule has 0 spiro atoms. The van der Waals surface area contributed by atoms with Crippen molar-refractivity contribution in [2.24, 2.45) is 0 Å². The molecule has 4 nitrogen and oxygen atoms in total. The number of ether oxygens (including phenoxy) is 2. The third kappa shape index (κ3) is 2.78. The van der Waals surface area contributed by atoms with Crippen LogP contribution in [0.2, 0.25) is 5.04 Å². The molecule has 19 heavy (non-hydrogen) atoms. The third-order valence-corrected chi connectivity index (χ3v) is 7.55. The van der Waals surface area contributed by atoms with Crippen LogP contribution in [0.5, 0.6) is 11.5 Å².